The first-order chi connectivity index (χ1) is 17.0. The summed E-state index contributed by atoms with van der Waals surface area (Å²) in [5, 5.41) is 12.5. The van der Waals surface area contributed by atoms with Gasteiger partial charge in [-0.05, 0) is 53.4 Å². The van der Waals surface area contributed by atoms with E-state index in [-0.39, 0.29) is 36.7 Å². The molecule has 2 amide bonds. The third-order valence-electron chi connectivity index (χ3n) is 7.76. The molecule has 7 nitrogen and oxygen atoms in total. The molecule has 2 aromatic rings. The average Bonchev–Trinajstić information content (AvgIpc) is 3.53. The van der Waals surface area contributed by atoms with E-state index >= 15 is 0 Å². The van der Waals surface area contributed by atoms with E-state index in [1.807, 2.05) is 36.4 Å². The number of nitrogens with zero attached hydrogens (tertiary/aromatic N) is 1. The van der Waals surface area contributed by atoms with E-state index in [9.17, 15) is 19.5 Å². The molecule has 1 aliphatic heterocycles. The molecule has 0 aromatic heterocycles. The van der Waals surface area contributed by atoms with Crippen molar-refractivity contribution in [3.05, 3.63) is 72.3 Å². The lowest BCUT2D eigenvalue weighted by molar-refractivity contribution is -0.150. The van der Waals surface area contributed by atoms with Gasteiger partial charge < -0.3 is 20.1 Å². The summed E-state index contributed by atoms with van der Waals surface area (Å²) in [6.07, 6.45) is 3.80. The van der Waals surface area contributed by atoms with Crippen LogP contribution in [-0.4, -0.2) is 53.2 Å². The molecule has 5 rings (SSSR count). The minimum atomic E-state index is -0.980. The van der Waals surface area contributed by atoms with E-state index in [0.29, 0.717) is 6.54 Å². The Morgan fingerprint density at radius 3 is 2.37 bits per heavy atom. The molecule has 3 aliphatic rings. The normalized spacial score (nSPS) is 23.2. The van der Waals surface area contributed by atoms with Crippen molar-refractivity contribution >= 4 is 18.0 Å². The molecular formula is C28H30N2O5. The van der Waals surface area contributed by atoms with Gasteiger partial charge in [0.05, 0.1) is 0 Å². The van der Waals surface area contributed by atoms with Crippen LogP contribution in [0.5, 0.6) is 0 Å². The second kappa shape index (κ2) is 9.56. The number of aliphatic carboxylic acids is 1. The predicted octanol–water partition coefficient (Wildman–Crippen LogP) is 4.18. The molecule has 0 spiro atoms. The number of fused-ring (bicyclic) bond motifs is 4. The molecule has 1 saturated heterocycles. The quantitative estimate of drug-likeness (QED) is 0.587. The van der Waals surface area contributed by atoms with Crippen molar-refractivity contribution in [2.75, 3.05) is 13.2 Å². The molecule has 0 radical (unpaired) electrons. The SMILES string of the molecule is C=CCC(NC(=O)OCC1c2ccccc2-c2ccccc21)C(=O)N1CC2CCCC2C1C(=O)O. The Kier molecular flexibility index (Phi) is 6.32. The van der Waals surface area contributed by atoms with Gasteiger partial charge in [0.1, 0.15) is 18.7 Å². The second-order valence-electron chi connectivity index (χ2n) is 9.68. The number of rotatable bonds is 7. The summed E-state index contributed by atoms with van der Waals surface area (Å²) in [4.78, 5) is 39.6. The highest BCUT2D eigenvalue weighted by molar-refractivity contribution is 5.90. The molecule has 182 valence electrons. The number of carboxylic acid groups (broad SMARTS) is 1. The summed E-state index contributed by atoms with van der Waals surface area (Å²) >= 11 is 0. The van der Waals surface area contributed by atoms with Gasteiger partial charge >= 0.3 is 12.1 Å². The lowest BCUT2D eigenvalue weighted by atomic mass is 9.94. The molecule has 1 heterocycles. The maximum absolute atomic E-state index is 13.3. The molecule has 2 aromatic carbocycles. The molecule has 4 unspecified atom stereocenters. The zero-order chi connectivity index (χ0) is 24.5. The van der Waals surface area contributed by atoms with E-state index in [0.717, 1.165) is 41.5 Å². The van der Waals surface area contributed by atoms with Crippen LogP contribution in [0.1, 0.15) is 42.7 Å². The van der Waals surface area contributed by atoms with Crippen molar-refractivity contribution in [2.24, 2.45) is 11.8 Å². The molecule has 0 bridgehead atoms. The minimum absolute atomic E-state index is 0.0183. The number of alkyl carbamates (subject to hydrolysis) is 1. The first-order valence-corrected chi connectivity index (χ1v) is 12.2. The second-order valence-corrected chi connectivity index (χ2v) is 9.68. The number of carboxylic acids is 1. The molecular weight excluding hydrogens is 444 g/mol. The lowest BCUT2D eigenvalue weighted by Gasteiger charge is -2.28. The third kappa shape index (κ3) is 4.20. The van der Waals surface area contributed by atoms with Crippen LogP contribution in [0.4, 0.5) is 4.79 Å². The number of carbonyl (C=O) groups is 3. The number of ether oxygens (including phenoxy) is 1. The molecule has 2 N–H and O–H groups in total. The van der Waals surface area contributed by atoms with Crippen molar-refractivity contribution in [3.63, 3.8) is 0 Å². The number of likely N-dealkylation sites (tertiary alicyclic amines) is 1. The zero-order valence-electron chi connectivity index (χ0n) is 19.6. The monoisotopic (exact) mass is 474 g/mol. The summed E-state index contributed by atoms with van der Waals surface area (Å²) in [6, 6.07) is 14.4. The molecule has 1 saturated carbocycles. The van der Waals surface area contributed by atoms with Gasteiger partial charge in [0.15, 0.2) is 0 Å². The standard InChI is InChI=1S/C28H30N2O5/c1-2-8-24(26(31)30-15-17-9-7-14-18(17)25(30)27(32)33)29-28(34)35-16-23-21-12-5-3-10-19(21)20-11-4-6-13-22(20)23/h2-6,10-13,17-18,23-25H,1,7-9,14-16H2,(H,29,34)(H,32,33). The van der Waals surface area contributed by atoms with Gasteiger partial charge in [-0.25, -0.2) is 9.59 Å². The van der Waals surface area contributed by atoms with Crippen LogP contribution in [0.3, 0.4) is 0 Å². The first-order valence-electron chi connectivity index (χ1n) is 12.2. The fraction of sp³-hybridized carbons (Fsp3) is 0.393. The summed E-state index contributed by atoms with van der Waals surface area (Å²) in [7, 11) is 0. The van der Waals surface area contributed by atoms with Crippen LogP contribution >= 0.6 is 0 Å². The topological polar surface area (TPSA) is 95.9 Å². The lowest BCUT2D eigenvalue weighted by Crippen LogP contribution is -2.52. The van der Waals surface area contributed by atoms with Crippen LogP contribution in [0.2, 0.25) is 0 Å². The van der Waals surface area contributed by atoms with E-state index in [2.05, 4.69) is 24.0 Å². The highest BCUT2D eigenvalue weighted by Crippen LogP contribution is 2.45. The summed E-state index contributed by atoms with van der Waals surface area (Å²) < 4.78 is 5.61. The van der Waals surface area contributed by atoms with Crippen LogP contribution in [0.25, 0.3) is 11.1 Å². The van der Waals surface area contributed by atoms with Crippen LogP contribution in [0, 0.1) is 11.8 Å². The number of hydrogen-bond donors (Lipinski definition) is 2. The van der Waals surface area contributed by atoms with Gasteiger partial charge in [-0.2, -0.15) is 0 Å². The fourth-order valence-corrected chi connectivity index (χ4v) is 6.22. The van der Waals surface area contributed by atoms with Crippen molar-refractivity contribution in [1.29, 1.82) is 0 Å². The van der Waals surface area contributed by atoms with Crippen LogP contribution in [0.15, 0.2) is 61.2 Å². The van der Waals surface area contributed by atoms with E-state index < -0.39 is 24.1 Å². The van der Waals surface area contributed by atoms with Gasteiger partial charge in [0, 0.05) is 12.5 Å². The molecule has 7 heteroatoms. The van der Waals surface area contributed by atoms with E-state index in [1.54, 1.807) is 6.08 Å². The van der Waals surface area contributed by atoms with Crippen molar-refractivity contribution in [2.45, 2.75) is 43.7 Å². The molecule has 2 fully saturated rings. The number of carbonyl (C=O) groups excluding carboxylic acids is 2. The Labute approximate surface area is 204 Å². The number of hydrogen-bond acceptors (Lipinski definition) is 4. The van der Waals surface area contributed by atoms with Crippen LogP contribution in [-0.2, 0) is 14.3 Å². The van der Waals surface area contributed by atoms with Gasteiger partial charge in [-0.1, -0.05) is 61.0 Å². The maximum Gasteiger partial charge on any atom is 0.407 e. The minimum Gasteiger partial charge on any atom is -0.480 e. The van der Waals surface area contributed by atoms with Crippen molar-refractivity contribution in [1.82, 2.24) is 10.2 Å². The highest BCUT2D eigenvalue weighted by atomic mass is 16.5. The number of nitrogens with one attached hydrogen (secondary N) is 1. The maximum atomic E-state index is 13.3. The largest absolute Gasteiger partial charge is 0.480 e. The Morgan fingerprint density at radius 2 is 1.74 bits per heavy atom. The fourth-order valence-electron chi connectivity index (χ4n) is 6.22. The highest BCUT2D eigenvalue weighted by Gasteiger charge is 2.50. The molecule has 2 aliphatic carbocycles. The zero-order valence-corrected chi connectivity index (χ0v) is 19.6. The predicted molar refractivity (Wildman–Crippen MR) is 131 cm³/mol. The smallest absolute Gasteiger partial charge is 0.407 e. The van der Waals surface area contributed by atoms with Crippen molar-refractivity contribution in [3.8, 4) is 11.1 Å². The summed E-state index contributed by atoms with van der Waals surface area (Å²) in [5.74, 6) is -1.27. The van der Waals surface area contributed by atoms with Gasteiger partial charge in [0.2, 0.25) is 5.91 Å². The van der Waals surface area contributed by atoms with Gasteiger partial charge in [0.25, 0.3) is 0 Å². The summed E-state index contributed by atoms with van der Waals surface area (Å²) in [5.41, 5.74) is 4.48. The Morgan fingerprint density at radius 1 is 1.09 bits per heavy atom. The van der Waals surface area contributed by atoms with Gasteiger partial charge in [-0.15, -0.1) is 6.58 Å². The first kappa shape index (κ1) is 23.1. The van der Waals surface area contributed by atoms with Crippen LogP contribution < -0.4 is 5.32 Å². The Balaban J connectivity index is 1.27. The number of amides is 2. The number of benzene rings is 2. The Bertz CT molecular complexity index is 1120. The van der Waals surface area contributed by atoms with E-state index in [4.69, 9.17) is 4.74 Å². The van der Waals surface area contributed by atoms with E-state index in [1.165, 1.54) is 4.90 Å². The molecule has 35 heavy (non-hydrogen) atoms. The van der Waals surface area contributed by atoms with Crippen molar-refractivity contribution < 1.29 is 24.2 Å². The average molecular weight is 475 g/mol. The third-order valence-corrected chi connectivity index (χ3v) is 7.76. The van der Waals surface area contributed by atoms with Gasteiger partial charge in [-0.3, -0.25) is 4.79 Å². The molecule has 4 atom stereocenters. The Hall–Kier alpha value is -3.61. The summed E-state index contributed by atoms with van der Waals surface area (Å²) in [6.45, 7) is 4.26.